The van der Waals surface area contributed by atoms with Crippen LogP contribution in [0, 0.1) is 5.92 Å². The Morgan fingerprint density at radius 1 is 1.17 bits per heavy atom. The van der Waals surface area contributed by atoms with Crippen LogP contribution in [0.4, 0.5) is 9.59 Å². The van der Waals surface area contributed by atoms with Gasteiger partial charge in [0, 0.05) is 19.6 Å². The molecule has 0 aliphatic carbocycles. The van der Waals surface area contributed by atoms with Gasteiger partial charge in [-0.3, -0.25) is 20.4 Å². The van der Waals surface area contributed by atoms with E-state index in [9.17, 15) is 19.2 Å². The molecule has 2 fully saturated rings. The van der Waals surface area contributed by atoms with E-state index in [2.05, 4.69) is 16.2 Å². The van der Waals surface area contributed by atoms with Crippen LogP contribution in [0.2, 0.25) is 0 Å². The lowest BCUT2D eigenvalue weighted by molar-refractivity contribution is -0.133. The summed E-state index contributed by atoms with van der Waals surface area (Å²) in [5.41, 5.74) is 5.02. The molecule has 2 bridgehead atoms. The van der Waals surface area contributed by atoms with Gasteiger partial charge >= 0.3 is 12.1 Å². The number of likely N-dealkylation sites (tertiary alicyclic amines) is 1. The molecule has 3 atom stereocenters. The second-order valence-electron chi connectivity index (χ2n) is 8.77. The van der Waals surface area contributed by atoms with Gasteiger partial charge < -0.3 is 19.9 Å². The first-order chi connectivity index (χ1) is 13.5. The summed E-state index contributed by atoms with van der Waals surface area (Å²) in [6.45, 7) is 8.34. The van der Waals surface area contributed by atoms with Crippen LogP contribution >= 0.6 is 0 Å². The van der Waals surface area contributed by atoms with Crippen molar-refractivity contribution in [3.05, 3.63) is 11.6 Å². The summed E-state index contributed by atoms with van der Waals surface area (Å²) in [7, 11) is 0. The van der Waals surface area contributed by atoms with Crippen LogP contribution in [0.15, 0.2) is 11.6 Å². The lowest BCUT2D eigenvalue weighted by Crippen LogP contribution is -2.56. The summed E-state index contributed by atoms with van der Waals surface area (Å²) >= 11 is 0. The fourth-order valence-corrected chi connectivity index (χ4v) is 3.88. The van der Waals surface area contributed by atoms with E-state index in [0.717, 1.165) is 5.57 Å². The summed E-state index contributed by atoms with van der Waals surface area (Å²) in [5.74, 6) is -1.28. The maximum absolute atomic E-state index is 12.6. The second-order valence-corrected chi connectivity index (χ2v) is 8.77. The molecule has 0 spiro atoms. The van der Waals surface area contributed by atoms with Crippen LogP contribution in [0.25, 0.3) is 0 Å². The van der Waals surface area contributed by atoms with E-state index in [-0.39, 0.29) is 24.5 Å². The lowest BCUT2D eigenvalue weighted by atomic mass is 9.97. The minimum Gasteiger partial charge on any atom is -0.444 e. The molecule has 3 N–H and O–H groups in total. The minimum atomic E-state index is -0.751. The van der Waals surface area contributed by atoms with Crippen LogP contribution in [-0.4, -0.2) is 71.1 Å². The van der Waals surface area contributed by atoms with Crippen molar-refractivity contribution in [2.24, 2.45) is 5.92 Å². The molecular formula is C19H29N5O5. The average Bonchev–Trinajstić information content (AvgIpc) is 2.92. The summed E-state index contributed by atoms with van der Waals surface area (Å²) in [5, 5.41) is 2.77. The SMILES string of the molecule is CC1=C[C@@H]2CN(C(=O)N2)[C@@H]1C(=O)NNC(=O)[C@@H]1CCCN(C(=O)OC(C)(C)C)C1. The molecule has 0 saturated carbocycles. The molecule has 3 aliphatic rings. The minimum absolute atomic E-state index is 0.0813. The predicted molar refractivity (Wildman–Crippen MR) is 103 cm³/mol. The number of hydrogen-bond donors (Lipinski definition) is 3. The molecule has 5 amide bonds. The summed E-state index contributed by atoms with van der Waals surface area (Å²) in [4.78, 5) is 52.3. The number of hydrogen-bond acceptors (Lipinski definition) is 5. The fourth-order valence-electron chi connectivity index (χ4n) is 3.88. The highest BCUT2D eigenvalue weighted by atomic mass is 16.6. The molecule has 3 aliphatic heterocycles. The number of fused-ring (bicyclic) bond motifs is 2. The second kappa shape index (κ2) is 7.92. The van der Waals surface area contributed by atoms with Crippen molar-refractivity contribution in [1.29, 1.82) is 0 Å². The monoisotopic (exact) mass is 407 g/mol. The number of amides is 5. The average molecular weight is 407 g/mol. The molecule has 10 heteroatoms. The number of rotatable bonds is 2. The van der Waals surface area contributed by atoms with E-state index in [1.165, 1.54) is 9.80 Å². The highest BCUT2D eigenvalue weighted by Crippen LogP contribution is 2.23. The van der Waals surface area contributed by atoms with Crippen molar-refractivity contribution in [2.45, 2.75) is 58.2 Å². The molecule has 0 radical (unpaired) electrons. The molecule has 10 nitrogen and oxygen atoms in total. The summed E-state index contributed by atoms with van der Waals surface area (Å²) in [6, 6.07) is -1.13. The molecule has 3 rings (SSSR count). The Morgan fingerprint density at radius 2 is 1.86 bits per heavy atom. The van der Waals surface area contributed by atoms with Gasteiger partial charge in [-0.05, 0) is 46.1 Å². The lowest BCUT2D eigenvalue weighted by Gasteiger charge is -2.33. The summed E-state index contributed by atoms with van der Waals surface area (Å²) in [6.07, 6.45) is 2.69. The van der Waals surface area contributed by atoms with Crippen molar-refractivity contribution in [1.82, 2.24) is 26.0 Å². The molecule has 160 valence electrons. The van der Waals surface area contributed by atoms with Gasteiger partial charge in [-0.1, -0.05) is 6.08 Å². The van der Waals surface area contributed by atoms with Gasteiger partial charge in [0.2, 0.25) is 5.91 Å². The van der Waals surface area contributed by atoms with E-state index in [1.807, 2.05) is 6.08 Å². The molecule has 3 heterocycles. The zero-order chi connectivity index (χ0) is 21.3. The van der Waals surface area contributed by atoms with Crippen LogP contribution in [0.1, 0.15) is 40.5 Å². The zero-order valence-electron chi connectivity index (χ0n) is 17.3. The van der Waals surface area contributed by atoms with Gasteiger partial charge in [0.05, 0.1) is 12.0 Å². The summed E-state index contributed by atoms with van der Waals surface area (Å²) < 4.78 is 5.37. The predicted octanol–water partition coefficient (Wildman–Crippen LogP) is 0.503. The third-order valence-electron chi connectivity index (χ3n) is 5.17. The molecule has 29 heavy (non-hydrogen) atoms. The molecule has 0 aromatic rings. The quantitative estimate of drug-likeness (QED) is 0.455. The third kappa shape index (κ3) is 4.80. The number of carbonyl (C=O) groups excluding carboxylic acids is 4. The van der Waals surface area contributed by atoms with Crippen LogP contribution in [-0.2, 0) is 14.3 Å². The van der Waals surface area contributed by atoms with Gasteiger partial charge in [0.15, 0.2) is 0 Å². The van der Waals surface area contributed by atoms with Crippen LogP contribution in [0.5, 0.6) is 0 Å². The molecule has 2 saturated heterocycles. The number of nitrogens with one attached hydrogen (secondary N) is 3. The number of ether oxygens (including phenoxy) is 1. The maximum Gasteiger partial charge on any atom is 0.410 e. The Bertz CT molecular complexity index is 744. The van der Waals surface area contributed by atoms with Gasteiger partial charge in [-0.25, -0.2) is 9.59 Å². The van der Waals surface area contributed by atoms with E-state index in [1.54, 1.807) is 27.7 Å². The van der Waals surface area contributed by atoms with E-state index in [4.69, 9.17) is 4.74 Å². The van der Waals surface area contributed by atoms with E-state index < -0.39 is 29.6 Å². The molecule has 0 aromatic heterocycles. The third-order valence-corrected chi connectivity index (χ3v) is 5.17. The molecular weight excluding hydrogens is 378 g/mol. The van der Waals surface area contributed by atoms with Crippen molar-refractivity contribution in [3.63, 3.8) is 0 Å². The maximum atomic E-state index is 12.6. The van der Waals surface area contributed by atoms with E-state index in [0.29, 0.717) is 25.9 Å². The molecule has 0 aromatic carbocycles. The number of nitrogens with zero attached hydrogens (tertiary/aromatic N) is 2. The smallest absolute Gasteiger partial charge is 0.410 e. The highest BCUT2D eigenvalue weighted by molar-refractivity contribution is 5.93. The Morgan fingerprint density at radius 3 is 2.55 bits per heavy atom. The number of hydrazine groups is 1. The number of piperidine rings is 1. The Labute approximate surface area is 170 Å². The largest absolute Gasteiger partial charge is 0.444 e. The van der Waals surface area contributed by atoms with Gasteiger partial charge in [-0.15, -0.1) is 0 Å². The van der Waals surface area contributed by atoms with Gasteiger partial charge in [0.1, 0.15) is 11.6 Å². The topological polar surface area (TPSA) is 120 Å². The van der Waals surface area contributed by atoms with Crippen LogP contribution < -0.4 is 16.2 Å². The van der Waals surface area contributed by atoms with Crippen LogP contribution in [0.3, 0.4) is 0 Å². The standard InChI is InChI=1S/C19H29N5O5/c1-11-8-13-10-24(17(27)20-13)14(11)16(26)22-21-15(25)12-6-5-7-23(9-12)18(28)29-19(2,3)4/h8,12-14H,5-7,9-10H2,1-4H3,(H,20,27)(H,21,25)(H,22,26)/t12-,13-,14+/m1/s1. The van der Waals surface area contributed by atoms with Gasteiger partial charge in [0.25, 0.3) is 5.91 Å². The normalized spacial score (nSPS) is 26.4. The number of carbonyl (C=O) groups is 4. The number of urea groups is 1. The van der Waals surface area contributed by atoms with Crippen molar-refractivity contribution in [3.8, 4) is 0 Å². The van der Waals surface area contributed by atoms with E-state index >= 15 is 0 Å². The first-order valence-corrected chi connectivity index (χ1v) is 9.88. The fraction of sp³-hybridized carbons (Fsp3) is 0.684. The van der Waals surface area contributed by atoms with Crippen molar-refractivity contribution >= 4 is 23.9 Å². The van der Waals surface area contributed by atoms with Crippen molar-refractivity contribution < 1.29 is 23.9 Å². The first-order valence-electron chi connectivity index (χ1n) is 9.88. The van der Waals surface area contributed by atoms with Gasteiger partial charge in [-0.2, -0.15) is 0 Å². The van der Waals surface area contributed by atoms with Crippen molar-refractivity contribution in [2.75, 3.05) is 19.6 Å². The zero-order valence-corrected chi connectivity index (χ0v) is 17.3. The molecule has 0 unspecified atom stereocenters. The highest BCUT2D eigenvalue weighted by Gasteiger charge is 2.41. The Balaban J connectivity index is 1.53. The Kier molecular flexibility index (Phi) is 5.72. The Hall–Kier alpha value is -2.78. The first kappa shape index (κ1) is 20.9.